The predicted octanol–water partition coefficient (Wildman–Crippen LogP) is 36.1. The first-order valence-electron chi connectivity index (χ1n) is 51.1. The molecule has 148 heavy (non-hydrogen) atoms. The van der Waals surface area contributed by atoms with Crippen LogP contribution >= 0.6 is 0 Å². The molecule has 28 aromatic rings. The molecule has 32 rings (SSSR count). The number of nitrogens with zero attached hydrogens (tertiary/aromatic N) is 6. The van der Waals surface area contributed by atoms with Crippen LogP contribution in [0.5, 0.6) is 0 Å². The van der Waals surface area contributed by atoms with E-state index in [1.807, 2.05) is 0 Å². The number of hydrogen-bond acceptors (Lipinski definition) is 4. The summed E-state index contributed by atoms with van der Waals surface area (Å²) >= 11 is 0. The Morgan fingerprint density at radius 2 is 0.399 bits per heavy atom. The molecule has 4 aliphatic rings. The second-order valence-corrected chi connectivity index (χ2v) is 39.9. The zero-order chi connectivity index (χ0) is 97.0. The second-order valence-electron chi connectivity index (χ2n) is 39.9. The van der Waals surface area contributed by atoms with Gasteiger partial charge in [-0.05, 0) is 267 Å². The lowest BCUT2D eigenvalue weighted by molar-refractivity contribution is 0.794. The van der Waals surface area contributed by atoms with Crippen LogP contribution in [-0.2, 0) is 10.8 Å². The van der Waals surface area contributed by atoms with E-state index in [4.69, 9.17) is 19.9 Å². The van der Waals surface area contributed by atoms with Crippen LogP contribution in [0.15, 0.2) is 522 Å². The number of para-hydroxylation sites is 4. The van der Waals surface area contributed by atoms with Gasteiger partial charge >= 0.3 is 0 Å². The van der Waals surface area contributed by atoms with Crippen LogP contribution in [0.25, 0.3) is 254 Å². The summed E-state index contributed by atoms with van der Waals surface area (Å²) in [6, 6.07) is 192. The molecule has 0 saturated carbocycles. The van der Waals surface area contributed by atoms with Crippen molar-refractivity contribution in [1.82, 2.24) is 29.1 Å². The number of rotatable bonds is 10. The van der Waals surface area contributed by atoms with Crippen LogP contribution in [-0.4, -0.2) is 29.1 Å². The highest BCUT2D eigenvalue weighted by Gasteiger charge is 2.54. The molecule has 4 aromatic heterocycles. The van der Waals surface area contributed by atoms with Gasteiger partial charge in [-0.1, -0.05) is 431 Å². The van der Waals surface area contributed by atoms with E-state index in [-0.39, 0.29) is 0 Å². The molecule has 0 aliphatic heterocycles. The van der Waals surface area contributed by atoms with Crippen LogP contribution in [0, 0.1) is 0 Å². The Balaban J connectivity index is 0.000000134. The first-order chi connectivity index (χ1) is 73.4. The largest absolute Gasteiger partial charge is 0.309 e. The van der Waals surface area contributed by atoms with Crippen molar-refractivity contribution >= 4 is 108 Å². The molecule has 0 atom stereocenters. The molecular weight excluding hydrogens is 1790 g/mol. The molecular formula is C142H86N6. The summed E-state index contributed by atoms with van der Waals surface area (Å²) < 4.78 is 4.83. The quantitative estimate of drug-likeness (QED) is 0.128. The summed E-state index contributed by atoms with van der Waals surface area (Å²) in [6.45, 7) is 0. The second kappa shape index (κ2) is 32.6. The molecule has 0 amide bonds. The third-order valence-corrected chi connectivity index (χ3v) is 32.4. The van der Waals surface area contributed by atoms with Gasteiger partial charge in [0.25, 0.3) is 0 Å². The number of hydrogen-bond donors (Lipinski definition) is 0. The van der Waals surface area contributed by atoms with Gasteiger partial charge in [0.2, 0.25) is 0 Å². The molecule has 24 aromatic carbocycles. The molecule has 6 heteroatoms. The van der Waals surface area contributed by atoms with Gasteiger partial charge in [0.1, 0.15) is 0 Å². The predicted molar refractivity (Wildman–Crippen MR) is 614 cm³/mol. The van der Waals surface area contributed by atoms with Crippen LogP contribution in [0.2, 0.25) is 0 Å². The fourth-order valence-corrected chi connectivity index (χ4v) is 26.2. The number of fused-ring (bicyclic) bond motifs is 38. The van der Waals surface area contributed by atoms with Gasteiger partial charge in [-0.3, -0.25) is 0 Å². The minimum atomic E-state index is -0.476. The molecule has 6 nitrogen and oxygen atoms in total. The normalized spacial score (nSPS) is 13.0. The third-order valence-electron chi connectivity index (χ3n) is 32.4. The minimum absolute atomic E-state index is 0.476. The van der Waals surface area contributed by atoms with E-state index in [9.17, 15) is 0 Å². The molecule has 0 radical (unpaired) electrons. The lowest BCUT2D eigenvalue weighted by Gasteiger charge is -2.30. The van der Waals surface area contributed by atoms with Crippen LogP contribution in [0.4, 0.5) is 0 Å². The zero-order valence-corrected chi connectivity index (χ0v) is 80.3. The van der Waals surface area contributed by atoms with Gasteiger partial charge in [0.05, 0.1) is 55.7 Å². The van der Waals surface area contributed by atoms with E-state index in [0.717, 1.165) is 112 Å². The molecule has 684 valence electrons. The van der Waals surface area contributed by atoms with Crippen LogP contribution in [0.1, 0.15) is 44.5 Å². The smallest absolute Gasteiger partial charge is 0.160 e. The molecule has 4 aliphatic carbocycles. The van der Waals surface area contributed by atoms with E-state index in [0.29, 0.717) is 11.6 Å². The van der Waals surface area contributed by atoms with Crippen LogP contribution in [0.3, 0.4) is 0 Å². The Hall–Kier alpha value is -19.4. The van der Waals surface area contributed by atoms with Gasteiger partial charge in [0, 0.05) is 66.3 Å². The topological polar surface area (TPSA) is 61.4 Å². The van der Waals surface area contributed by atoms with E-state index < -0.39 is 10.8 Å². The fraction of sp³-hybridized carbons (Fsp3) is 0.0141. The summed E-state index contributed by atoms with van der Waals surface area (Å²) in [5, 5.41) is 19.9. The summed E-state index contributed by atoms with van der Waals surface area (Å²) in [6.07, 6.45) is 0. The van der Waals surface area contributed by atoms with Crippen molar-refractivity contribution in [3.05, 3.63) is 566 Å². The monoisotopic (exact) mass is 1870 g/mol. The lowest BCUT2D eigenvalue weighted by Crippen LogP contribution is -2.25. The summed E-state index contributed by atoms with van der Waals surface area (Å²) in [5.74, 6) is 1.33. The average molecular weight is 1880 g/mol. The van der Waals surface area contributed by atoms with Gasteiger partial charge < -0.3 is 9.13 Å². The fourth-order valence-electron chi connectivity index (χ4n) is 26.2. The maximum atomic E-state index is 5.74. The van der Waals surface area contributed by atoms with E-state index in [2.05, 4.69) is 531 Å². The van der Waals surface area contributed by atoms with Crippen molar-refractivity contribution in [2.45, 2.75) is 10.8 Å². The van der Waals surface area contributed by atoms with Crippen molar-refractivity contribution in [3.63, 3.8) is 0 Å². The zero-order valence-electron chi connectivity index (χ0n) is 80.3. The van der Waals surface area contributed by atoms with E-state index >= 15 is 0 Å². The Labute approximate surface area is 854 Å². The van der Waals surface area contributed by atoms with Gasteiger partial charge in [-0.15, -0.1) is 0 Å². The Bertz CT molecular complexity index is 10200. The van der Waals surface area contributed by atoms with Crippen molar-refractivity contribution in [2.24, 2.45) is 0 Å². The molecule has 4 heterocycles. The highest BCUT2D eigenvalue weighted by Crippen LogP contribution is 2.66. The van der Waals surface area contributed by atoms with Crippen molar-refractivity contribution in [3.8, 4) is 146 Å². The lowest BCUT2D eigenvalue weighted by atomic mass is 9.70. The maximum absolute atomic E-state index is 5.74. The summed E-state index contributed by atoms with van der Waals surface area (Å²) in [5.41, 5.74) is 40.3. The molecule has 0 fully saturated rings. The first kappa shape index (κ1) is 83.2. The van der Waals surface area contributed by atoms with Gasteiger partial charge in [0.15, 0.2) is 11.6 Å². The molecule has 0 unspecified atom stereocenters. The standard InChI is InChI=1S/2C71H43N3/c1-2-19-44(20-3-1)65-43-66(59-30-18-34-64-69(59)58-29-10-15-33-63(58)71(64)61-31-13-8-25-54(61)55-26-9-14-32-62(55)71)73-70(72-65)47-39-46(40-48(41-47)74-67-35-16-11-27-56(67)57-28-12-17-36-68(57)74)45-37-38-53-51-23-5-4-21-49(51)50-22-6-7-24-52(50)60(53)42-45;1-2-18-44(19-3-1)66-43-67(46-35-37-58-57-26-10-15-31-64(57)71(65(58)42-46)62-29-13-8-24-55(62)56-25-9-14-30-63(56)71)73-70(72-66)48-38-47(39-49(40-48)74-68-32-16-11-27-59(68)60-28-12-17-33-69(60)74)45-34-36-54-52-22-5-4-20-50(52)51-21-6-7-23-53(51)61(54)41-45/h2*1-43H. The van der Waals surface area contributed by atoms with Crippen molar-refractivity contribution in [2.75, 3.05) is 0 Å². The number of aromatic nitrogens is 6. The molecule has 2 spiro atoms. The average Bonchev–Trinajstić information content (AvgIpc) is 1.51. The Morgan fingerprint density at radius 3 is 0.784 bits per heavy atom. The summed E-state index contributed by atoms with van der Waals surface area (Å²) in [7, 11) is 0. The molecule has 0 N–H and O–H groups in total. The van der Waals surface area contributed by atoms with Crippen molar-refractivity contribution < 1.29 is 0 Å². The SMILES string of the molecule is c1ccc(-c2cc(-c3ccc4c(c3)C3(c5ccccc5-c5ccccc53)c3ccccc3-4)nc(-c3cc(-c4ccc5c6ccccc6c6ccccc6c5c4)cc(-n4c5ccccc5c5ccccc54)c3)n2)cc1.c1ccc(-c2cc(-c3cccc4c3-c3ccccc3C43c4ccccc4-c4ccccc43)nc(-c3cc(-c4ccc5c6ccccc6c6ccccc6c5c4)cc(-n4c5ccccc5c5ccccc54)c3)n2)cc1. The van der Waals surface area contributed by atoms with Crippen LogP contribution < -0.4 is 0 Å². The van der Waals surface area contributed by atoms with Crippen molar-refractivity contribution in [1.29, 1.82) is 0 Å². The highest BCUT2D eigenvalue weighted by molar-refractivity contribution is 6.28. The maximum Gasteiger partial charge on any atom is 0.160 e. The number of benzene rings is 24. The van der Waals surface area contributed by atoms with E-state index in [1.54, 1.807) is 0 Å². The Kier molecular flexibility index (Phi) is 18.3. The van der Waals surface area contributed by atoms with Gasteiger partial charge in [-0.2, -0.15) is 0 Å². The molecule has 0 saturated heterocycles. The van der Waals surface area contributed by atoms with Gasteiger partial charge in [-0.25, -0.2) is 19.9 Å². The third kappa shape index (κ3) is 12.3. The van der Waals surface area contributed by atoms with E-state index in [1.165, 1.54) is 175 Å². The minimum Gasteiger partial charge on any atom is -0.309 e. The Morgan fingerprint density at radius 1 is 0.135 bits per heavy atom. The highest BCUT2D eigenvalue weighted by atomic mass is 15.0. The first-order valence-corrected chi connectivity index (χ1v) is 51.1. The molecule has 0 bridgehead atoms. The summed E-state index contributed by atoms with van der Waals surface area (Å²) in [4.78, 5) is 22.5.